The molecule has 0 spiro atoms. The molecule has 21 heavy (non-hydrogen) atoms. The lowest BCUT2D eigenvalue weighted by Crippen LogP contribution is -2.29. The van der Waals surface area contributed by atoms with Gasteiger partial charge in [-0.25, -0.2) is 0 Å². The molecular formula is C18H25NO2. The van der Waals surface area contributed by atoms with Crippen molar-refractivity contribution in [3.63, 3.8) is 0 Å². The van der Waals surface area contributed by atoms with Gasteiger partial charge in [-0.1, -0.05) is 30.0 Å². The molecule has 114 valence electrons. The predicted octanol–water partition coefficient (Wildman–Crippen LogP) is 2.16. The zero-order valence-electron chi connectivity index (χ0n) is 12.6. The molecule has 1 saturated heterocycles. The maximum Gasteiger partial charge on any atom is 0.0540 e. The van der Waals surface area contributed by atoms with E-state index in [1.807, 2.05) is 6.07 Å². The lowest BCUT2D eigenvalue weighted by atomic mass is 10.1. The van der Waals surface area contributed by atoms with E-state index in [1.54, 1.807) is 0 Å². The minimum Gasteiger partial charge on any atom is -0.396 e. The molecule has 1 heterocycles. The molecule has 0 amide bonds. The van der Waals surface area contributed by atoms with E-state index in [0.29, 0.717) is 12.5 Å². The first-order chi connectivity index (χ1) is 10.3. The largest absolute Gasteiger partial charge is 0.396 e. The molecule has 1 unspecified atom stereocenters. The number of rotatable bonds is 6. The summed E-state index contributed by atoms with van der Waals surface area (Å²) < 4.78 is 0. The summed E-state index contributed by atoms with van der Waals surface area (Å²) in [4.78, 5) is 2.52. The Morgan fingerprint density at radius 3 is 2.86 bits per heavy atom. The molecule has 0 radical (unpaired) electrons. The molecule has 2 N–H and O–H groups in total. The van der Waals surface area contributed by atoms with Crippen LogP contribution in [0.5, 0.6) is 0 Å². The fourth-order valence-electron chi connectivity index (χ4n) is 2.97. The summed E-state index contributed by atoms with van der Waals surface area (Å²) in [6.07, 6.45) is 4.97. The van der Waals surface area contributed by atoms with Gasteiger partial charge in [0.2, 0.25) is 0 Å². The topological polar surface area (TPSA) is 43.7 Å². The number of nitrogens with zero attached hydrogens (tertiary/aromatic N) is 1. The van der Waals surface area contributed by atoms with Gasteiger partial charge in [0.1, 0.15) is 0 Å². The van der Waals surface area contributed by atoms with E-state index in [0.717, 1.165) is 31.5 Å². The van der Waals surface area contributed by atoms with Crippen LogP contribution in [0.3, 0.4) is 0 Å². The van der Waals surface area contributed by atoms with Crippen molar-refractivity contribution in [2.75, 3.05) is 19.8 Å². The Bertz CT molecular complexity index is 489. The van der Waals surface area contributed by atoms with E-state index in [2.05, 4.69) is 34.9 Å². The van der Waals surface area contributed by atoms with Gasteiger partial charge in [-0.05, 0) is 43.9 Å². The summed E-state index contributed by atoms with van der Waals surface area (Å²) in [6.45, 7) is 2.46. The first-order valence-electron chi connectivity index (χ1n) is 7.87. The van der Waals surface area contributed by atoms with Gasteiger partial charge in [-0.3, -0.25) is 4.90 Å². The van der Waals surface area contributed by atoms with Crippen LogP contribution in [0.1, 0.15) is 43.2 Å². The van der Waals surface area contributed by atoms with E-state index in [-0.39, 0.29) is 13.2 Å². The molecular weight excluding hydrogens is 262 g/mol. The summed E-state index contributed by atoms with van der Waals surface area (Å²) in [6, 6.07) is 8.86. The summed E-state index contributed by atoms with van der Waals surface area (Å²) in [7, 11) is 0. The summed E-state index contributed by atoms with van der Waals surface area (Å²) in [5.74, 6) is 6.18. The molecule has 0 saturated carbocycles. The van der Waals surface area contributed by atoms with Crippen molar-refractivity contribution in [2.24, 2.45) is 0 Å². The van der Waals surface area contributed by atoms with Crippen LogP contribution in [0.4, 0.5) is 0 Å². The van der Waals surface area contributed by atoms with E-state index in [1.165, 1.54) is 18.4 Å². The zero-order chi connectivity index (χ0) is 14.9. The van der Waals surface area contributed by atoms with Crippen molar-refractivity contribution in [3.05, 3.63) is 35.4 Å². The third-order valence-corrected chi connectivity index (χ3v) is 4.05. The van der Waals surface area contributed by atoms with E-state index < -0.39 is 0 Å². The van der Waals surface area contributed by atoms with Gasteiger partial charge in [0.15, 0.2) is 0 Å². The van der Waals surface area contributed by atoms with Crippen molar-refractivity contribution >= 4 is 0 Å². The molecule has 0 aromatic heterocycles. The van der Waals surface area contributed by atoms with Crippen molar-refractivity contribution in [3.8, 4) is 11.8 Å². The highest BCUT2D eigenvalue weighted by molar-refractivity contribution is 5.41. The number of benzene rings is 1. The number of hydrogen-bond acceptors (Lipinski definition) is 3. The summed E-state index contributed by atoms with van der Waals surface area (Å²) in [5.41, 5.74) is 2.33. The molecule has 2 rings (SSSR count). The molecule has 1 aromatic carbocycles. The molecule has 3 heteroatoms. The second kappa shape index (κ2) is 8.84. The molecule has 3 nitrogen and oxygen atoms in total. The maximum atomic E-state index is 9.01. The highest BCUT2D eigenvalue weighted by Gasteiger charge is 2.24. The van der Waals surface area contributed by atoms with Crippen LogP contribution < -0.4 is 0 Å². The molecule has 0 aliphatic carbocycles. The van der Waals surface area contributed by atoms with Crippen LogP contribution in [0.25, 0.3) is 0 Å². The molecule has 1 aliphatic rings. The standard InChI is InChI=1S/C18H25NO2/c20-13-4-3-8-16-7-1-2-9-17(16)15-19-12-5-10-18(19)11-6-14-21/h1-2,7,9,18,20-21H,4-6,10-15H2. The Labute approximate surface area is 127 Å². The van der Waals surface area contributed by atoms with Crippen molar-refractivity contribution in [1.82, 2.24) is 4.90 Å². The van der Waals surface area contributed by atoms with Crippen LogP contribution in [0, 0.1) is 11.8 Å². The van der Waals surface area contributed by atoms with Crippen LogP contribution >= 0.6 is 0 Å². The van der Waals surface area contributed by atoms with Gasteiger partial charge < -0.3 is 10.2 Å². The van der Waals surface area contributed by atoms with Gasteiger partial charge in [-0.15, -0.1) is 0 Å². The minimum atomic E-state index is 0.116. The third-order valence-electron chi connectivity index (χ3n) is 4.05. The molecule has 1 atom stereocenters. The number of likely N-dealkylation sites (tertiary alicyclic amines) is 1. The lowest BCUT2D eigenvalue weighted by Gasteiger charge is -2.24. The Morgan fingerprint density at radius 1 is 1.19 bits per heavy atom. The maximum absolute atomic E-state index is 9.01. The highest BCUT2D eigenvalue weighted by atomic mass is 16.3. The average molecular weight is 287 g/mol. The van der Waals surface area contributed by atoms with Crippen LogP contribution in [-0.2, 0) is 6.54 Å². The Hall–Kier alpha value is -1.34. The van der Waals surface area contributed by atoms with Crippen molar-refractivity contribution < 1.29 is 10.2 Å². The third kappa shape index (κ3) is 4.86. The minimum absolute atomic E-state index is 0.116. The van der Waals surface area contributed by atoms with Crippen molar-refractivity contribution in [1.29, 1.82) is 0 Å². The number of aliphatic hydroxyl groups excluding tert-OH is 2. The monoisotopic (exact) mass is 287 g/mol. The second-order valence-corrected chi connectivity index (χ2v) is 5.56. The molecule has 1 fully saturated rings. The van der Waals surface area contributed by atoms with Gasteiger partial charge in [0.05, 0.1) is 6.61 Å². The summed E-state index contributed by atoms with van der Waals surface area (Å²) in [5, 5.41) is 17.8. The fourth-order valence-corrected chi connectivity index (χ4v) is 2.97. The van der Waals surface area contributed by atoms with E-state index in [4.69, 9.17) is 10.2 Å². The average Bonchev–Trinajstić information content (AvgIpc) is 2.94. The van der Waals surface area contributed by atoms with E-state index in [9.17, 15) is 0 Å². The van der Waals surface area contributed by atoms with Crippen LogP contribution in [-0.4, -0.2) is 40.9 Å². The second-order valence-electron chi connectivity index (χ2n) is 5.56. The smallest absolute Gasteiger partial charge is 0.0540 e. The van der Waals surface area contributed by atoms with Gasteiger partial charge in [0, 0.05) is 31.2 Å². The first kappa shape index (κ1) is 16.0. The van der Waals surface area contributed by atoms with E-state index >= 15 is 0 Å². The Morgan fingerprint density at radius 2 is 2.05 bits per heavy atom. The highest BCUT2D eigenvalue weighted by Crippen LogP contribution is 2.24. The van der Waals surface area contributed by atoms with Gasteiger partial charge >= 0.3 is 0 Å². The Balaban J connectivity index is 2.03. The van der Waals surface area contributed by atoms with Crippen LogP contribution in [0.15, 0.2) is 24.3 Å². The quantitative estimate of drug-likeness (QED) is 0.788. The normalized spacial score (nSPS) is 18.5. The number of aliphatic hydroxyl groups is 2. The predicted molar refractivity (Wildman–Crippen MR) is 84.8 cm³/mol. The molecule has 1 aromatic rings. The van der Waals surface area contributed by atoms with Crippen molar-refractivity contribution in [2.45, 2.75) is 44.7 Å². The lowest BCUT2D eigenvalue weighted by molar-refractivity contribution is 0.210. The Kier molecular flexibility index (Phi) is 6.75. The van der Waals surface area contributed by atoms with Gasteiger partial charge in [0.25, 0.3) is 0 Å². The fraction of sp³-hybridized carbons (Fsp3) is 0.556. The molecule has 0 bridgehead atoms. The van der Waals surface area contributed by atoms with Gasteiger partial charge in [-0.2, -0.15) is 0 Å². The zero-order valence-corrected chi connectivity index (χ0v) is 12.6. The van der Waals surface area contributed by atoms with Crippen LogP contribution in [0.2, 0.25) is 0 Å². The SMILES string of the molecule is OCCC#Cc1ccccc1CN1CCCC1CCCO. The summed E-state index contributed by atoms with van der Waals surface area (Å²) >= 11 is 0. The first-order valence-corrected chi connectivity index (χ1v) is 7.87. The number of hydrogen-bond donors (Lipinski definition) is 2. The molecule has 1 aliphatic heterocycles.